The molecular weight excluding hydrogens is 209 g/mol. The number of hydrogen-bond donors (Lipinski definition) is 2. The summed E-state index contributed by atoms with van der Waals surface area (Å²) >= 11 is 2.17. The van der Waals surface area contributed by atoms with Crippen molar-refractivity contribution in [3.8, 4) is 5.69 Å². The van der Waals surface area contributed by atoms with Gasteiger partial charge in [-0.15, -0.1) is 5.69 Å². The summed E-state index contributed by atoms with van der Waals surface area (Å²) in [6, 6.07) is 0. The summed E-state index contributed by atoms with van der Waals surface area (Å²) in [4.78, 5) is 0. The third-order valence-electron chi connectivity index (χ3n) is 0.309. The lowest BCUT2D eigenvalue weighted by atomic mass is 10.8. The average molecular weight is 217 g/mol. The summed E-state index contributed by atoms with van der Waals surface area (Å²) in [6.45, 7) is 3.02. The largest absolute Gasteiger partial charge is 0.267 e. The van der Waals surface area contributed by atoms with Gasteiger partial charge in [-0.3, -0.25) is 4.72 Å². The van der Waals surface area contributed by atoms with E-state index in [2.05, 4.69) is 25.9 Å². The molecule has 6 heavy (non-hydrogen) atoms. The fraction of sp³-hybridized carbons (Fsp3) is 0.667. The van der Waals surface area contributed by atoms with Crippen LogP contribution in [0.3, 0.4) is 0 Å². The first-order valence-corrected chi connectivity index (χ1v) is 5.91. The van der Waals surface area contributed by atoms with Crippen molar-refractivity contribution >= 4 is 28.9 Å². The molecule has 0 radical (unpaired) electrons. The van der Waals surface area contributed by atoms with Gasteiger partial charge in [-0.2, -0.15) is 0 Å². The van der Waals surface area contributed by atoms with E-state index in [-0.39, 0.29) is 7.66 Å². The number of nitrogens with one attached hydrogen (secondary N) is 1. The van der Waals surface area contributed by atoms with Crippen molar-refractivity contribution in [2.45, 2.75) is 6.92 Å². The zero-order valence-corrected chi connectivity index (χ0v) is 6.66. The quantitative estimate of drug-likeness (QED) is 0.500. The first kappa shape index (κ1) is 6.82. The molecule has 0 aromatic rings. The molecule has 0 aromatic heterocycles. The van der Waals surface area contributed by atoms with Crippen LogP contribution in [0.2, 0.25) is 0 Å². The Hall–Kier alpha value is 0.820. The van der Waals surface area contributed by atoms with Gasteiger partial charge in [0.2, 0.25) is 0 Å². The fourth-order valence-corrected chi connectivity index (χ4v) is 1.48. The monoisotopic (exact) mass is 217 g/mol. The molecule has 3 heteroatoms. The minimum absolute atomic E-state index is 0.381. The highest BCUT2D eigenvalue weighted by molar-refractivity contribution is 14.2. The van der Waals surface area contributed by atoms with Gasteiger partial charge in [0.25, 0.3) is 0 Å². The molecule has 0 fully saturated rings. The Morgan fingerprint density at radius 3 is 2.50 bits per heavy atom. The minimum atomic E-state index is -0.381. The lowest BCUT2D eigenvalue weighted by Gasteiger charge is -1.91. The third kappa shape index (κ3) is 4.82. The van der Waals surface area contributed by atoms with E-state index < -0.39 is 0 Å². The van der Waals surface area contributed by atoms with Crippen LogP contribution >= 0.6 is 28.9 Å². The lowest BCUT2D eigenvalue weighted by Crippen LogP contribution is -1.96. The van der Waals surface area contributed by atoms with Crippen molar-refractivity contribution in [2.24, 2.45) is 0 Å². The molecule has 0 rings (SSSR count). The predicted octanol–water partition coefficient (Wildman–Crippen LogP) is 1.45. The van der Waals surface area contributed by atoms with E-state index in [9.17, 15) is 0 Å². The molecule has 38 valence electrons. The van der Waals surface area contributed by atoms with E-state index >= 15 is 0 Å². The second kappa shape index (κ2) is 3.99. The average Bonchev–Trinajstić information content (AvgIpc) is 1.35. The predicted molar refractivity (Wildman–Crippen MR) is 41.6 cm³/mol. The van der Waals surface area contributed by atoms with Crippen LogP contribution in [0.25, 0.3) is 0 Å². The molecule has 1 unspecified atom stereocenters. The topological polar surface area (TPSA) is 12.0 Å². The second-order valence-corrected chi connectivity index (χ2v) is 4.88. The Labute approximate surface area is 52.8 Å². The van der Waals surface area contributed by atoms with Crippen molar-refractivity contribution in [3.05, 3.63) is 0 Å². The summed E-state index contributed by atoms with van der Waals surface area (Å²) < 4.78 is 3.04. The summed E-state index contributed by atoms with van der Waals surface area (Å²) in [7, 11) is -0.381. The van der Waals surface area contributed by atoms with Gasteiger partial charge in [0.1, 0.15) is 0 Å². The summed E-state index contributed by atoms with van der Waals surface area (Å²) in [5.74, 6) is 0. The molecule has 0 aliphatic heterocycles. The van der Waals surface area contributed by atoms with Gasteiger partial charge in [-0.05, 0) is 21.2 Å². The molecular formula is C3H8INS. The SMILES string of the molecule is C#[SH](I)NCC. The molecule has 1 atom stereocenters. The Bertz CT molecular complexity index is 82.5. The Morgan fingerprint density at radius 2 is 2.50 bits per heavy atom. The van der Waals surface area contributed by atoms with Crippen molar-refractivity contribution in [2.75, 3.05) is 6.54 Å². The summed E-state index contributed by atoms with van der Waals surface area (Å²) in [6.07, 6.45) is 0. The van der Waals surface area contributed by atoms with E-state index in [1.165, 1.54) is 0 Å². The highest BCUT2D eigenvalue weighted by atomic mass is 127. The molecule has 0 aromatic carbocycles. The Balaban J connectivity index is 2.91. The van der Waals surface area contributed by atoms with Crippen LogP contribution in [-0.4, -0.2) is 6.54 Å². The maximum absolute atomic E-state index is 5.34. The van der Waals surface area contributed by atoms with Crippen LogP contribution in [-0.2, 0) is 0 Å². The Kier molecular flexibility index (Phi) is 4.54. The highest BCUT2D eigenvalue weighted by Crippen LogP contribution is 2.09. The number of halogens is 1. The zero-order chi connectivity index (χ0) is 4.99. The van der Waals surface area contributed by atoms with Gasteiger partial charge in [0, 0.05) is 6.54 Å². The van der Waals surface area contributed by atoms with Crippen LogP contribution in [0.15, 0.2) is 0 Å². The van der Waals surface area contributed by atoms with Gasteiger partial charge < -0.3 is 0 Å². The minimum Gasteiger partial charge on any atom is -0.267 e. The number of hydrogen-bond acceptors (Lipinski definition) is 1. The molecule has 0 saturated heterocycles. The van der Waals surface area contributed by atoms with Crippen LogP contribution < -0.4 is 4.72 Å². The van der Waals surface area contributed by atoms with E-state index in [0.717, 1.165) is 6.54 Å². The smallest absolute Gasteiger partial charge is 0.00276 e. The van der Waals surface area contributed by atoms with E-state index in [4.69, 9.17) is 5.69 Å². The maximum Gasteiger partial charge on any atom is 0.00276 e. The van der Waals surface area contributed by atoms with E-state index in [1.807, 2.05) is 6.92 Å². The molecule has 0 bridgehead atoms. The van der Waals surface area contributed by atoms with E-state index in [0.29, 0.717) is 0 Å². The van der Waals surface area contributed by atoms with Crippen LogP contribution in [0, 0.1) is 5.69 Å². The van der Waals surface area contributed by atoms with Gasteiger partial charge in [0.05, 0.1) is 0 Å². The normalized spacial score (nSPS) is 14.2. The van der Waals surface area contributed by atoms with Crippen molar-refractivity contribution < 1.29 is 0 Å². The first-order valence-electron chi connectivity index (χ1n) is 1.71. The number of thiol groups is 1. The van der Waals surface area contributed by atoms with Crippen molar-refractivity contribution in [1.29, 1.82) is 0 Å². The molecule has 0 spiro atoms. The zero-order valence-electron chi connectivity index (χ0n) is 3.61. The fourth-order valence-electron chi connectivity index (χ4n) is 0.151. The summed E-state index contributed by atoms with van der Waals surface area (Å²) in [5, 5.41) is 0. The lowest BCUT2D eigenvalue weighted by molar-refractivity contribution is 1.04. The van der Waals surface area contributed by atoms with E-state index in [1.54, 1.807) is 0 Å². The molecule has 1 nitrogen and oxygen atoms in total. The van der Waals surface area contributed by atoms with Gasteiger partial charge in [-0.25, -0.2) is 0 Å². The van der Waals surface area contributed by atoms with Crippen LogP contribution in [0.1, 0.15) is 6.92 Å². The molecule has 0 aliphatic carbocycles. The van der Waals surface area contributed by atoms with Crippen LogP contribution in [0.4, 0.5) is 0 Å². The third-order valence-corrected chi connectivity index (χ3v) is 1.95. The maximum atomic E-state index is 5.34. The highest BCUT2D eigenvalue weighted by Gasteiger charge is 1.67. The Morgan fingerprint density at radius 1 is 2.00 bits per heavy atom. The molecule has 0 aliphatic rings. The number of rotatable bonds is 1. The van der Waals surface area contributed by atoms with Crippen LogP contribution in [0.5, 0.6) is 0 Å². The standard InChI is InChI=1S/C3H8INS/c1-3-5-6(2)4/h2,5-6H,3H2,1H3. The van der Waals surface area contributed by atoms with Crippen molar-refractivity contribution in [1.82, 2.24) is 4.72 Å². The summed E-state index contributed by atoms with van der Waals surface area (Å²) in [5.41, 5.74) is 5.34. The molecule has 0 heterocycles. The first-order chi connectivity index (χ1) is 2.77. The second-order valence-electron chi connectivity index (χ2n) is 0.823. The molecule has 1 N–H and O–H groups in total. The molecule has 0 saturated carbocycles. The van der Waals surface area contributed by atoms with Gasteiger partial charge in [-0.1, -0.05) is 14.6 Å². The van der Waals surface area contributed by atoms with Crippen molar-refractivity contribution in [3.63, 3.8) is 0 Å². The van der Waals surface area contributed by atoms with Gasteiger partial charge >= 0.3 is 0 Å². The molecule has 0 amide bonds. The van der Waals surface area contributed by atoms with Gasteiger partial charge in [0.15, 0.2) is 0 Å².